The number of likely N-dealkylation sites (tertiary alicyclic amines) is 1. The second-order valence-electron chi connectivity index (χ2n) is 12.2. The number of primary amides is 1. The van der Waals surface area contributed by atoms with Crippen LogP contribution in [0.15, 0.2) is 45.8 Å². The van der Waals surface area contributed by atoms with E-state index in [1.54, 1.807) is 31.1 Å². The number of aliphatic hydroxyl groups is 2. The normalized spacial score (nSPS) is 27.3. The van der Waals surface area contributed by atoms with Gasteiger partial charge in [0.1, 0.15) is 28.6 Å². The van der Waals surface area contributed by atoms with Gasteiger partial charge in [0.15, 0.2) is 11.6 Å². The van der Waals surface area contributed by atoms with Crippen molar-refractivity contribution in [3.63, 3.8) is 0 Å². The van der Waals surface area contributed by atoms with E-state index in [0.29, 0.717) is 23.4 Å². The fourth-order valence-electron chi connectivity index (χ4n) is 7.45. The summed E-state index contributed by atoms with van der Waals surface area (Å²) in [6.45, 7) is 0.835. The van der Waals surface area contributed by atoms with E-state index in [4.69, 9.17) is 10.2 Å². The van der Waals surface area contributed by atoms with Crippen molar-refractivity contribution in [1.82, 2.24) is 9.80 Å². The number of likely N-dealkylation sites (N-methyl/N-ethyl adjacent to an activating group) is 1. The lowest BCUT2D eigenvalue weighted by Gasteiger charge is -2.46. The minimum absolute atomic E-state index is 0.00817. The van der Waals surface area contributed by atoms with E-state index >= 15 is 0 Å². The molecule has 1 amide bonds. The molecule has 2 fully saturated rings. The van der Waals surface area contributed by atoms with Gasteiger partial charge in [-0.1, -0.05) is 0 Å². The standard InChI is InChI=1S/C31H33F2N3O7/c1-35(2)24-18-12-15-11-17-16(29-14(5-10-43-29)13-36-8-6-31(32,33)7-9-36)3-4-19(37)21(17)25(38)20(15)26(39)22(18)27(40)23(28(24)41)30(34)42/h3-5,10,15,18,22,24,37-38,41H,6-9,11-13H2,1-2H3,(H2,34,42)/t15?,18?,22?,24-/m0/s1. The van der Waals surface area contributed by atoms with Crippen LogP contribution in [0.3, 0.4) is 0 Å². The lowest BCUT2D eigenvalue weighted by atomic mass is 9.59. The summed E-state index contributed by atoms with van der Waals surface area (Å²) in [6, 6.07) is 3.97. The Kier molecular flexibility index (Phi) is 6.96. The monoisotopic (exact) mass is 597 g/mol. The van der Waals surface area contributed by atoms with Crippen LogP contribution in [0, 0.1) is 17.8 Å². The number of fused-ring (bicyclic) bond motifs is 3. The highest BCUT2D eigenvalue weighted by Gasteiger charge is 2.56. The van der Waals surface area contributed by atoms with E-state index in [9.17, 15) is 38.5 Å². The molecule has 1 saturated heterocycles. The second-order valence-corrected chi connectivity index (χ2v) is 12.2. The number of hydrogen-bond acceptors (Lipinski definition) is 9. The van der Waals surface area contributed by atoms with Crippen LogP contribution < -0.4 is 5.73 Å². The van der Waals surface area contributed by atoms with Crippen molar-refractivity contribution in [2.24, 2.45) is 23.5 Å². The molecular formula is C31H33F2N3O7. The summed E-state index contributed by atoms with van der Waals surface area (Å²) < 4.78 is 33.3. The largest absolute Gasteiger partial charge is 0.510 e. The van der Waals surface area contributed by atoms with E-state index < -0.39 is 64.3 Å². The number of carbonyl (C=O) groups is 3. The summed E-state index contributed by atoms with van der Waals surface area (Å²) in [5.74, 6) is -8.67. The lowest BCUT2D eigenvalue weighted by molar-refractivity contribution is -0.136. The number of aromatic hydroxyl groups is 1. The molecule has 10 nitrogen and oxygen atoms in total. The number of aliphatic hydroxyl groups excluding tert-OH is 2. The predicted octanol–water partition coefficient (Wildman–Crippen LogP) is 3.34. The number of amides is 1. The van der Waals surface area contributed by atoms with Crippen LogP contribution in [-0.4, -0.2) is 81.7 Å². The highest BCUT2D eigenvalue weighted by atomic mass is 19.3. The molecule has 12 heteroatoms. The third kappa shape index (κ3) is 4.63. The van der Waals surface area contributed by atoms with Crippen molar-refractivity contribution < 1.29 is 42.9 Å². The van der Waals surface area contributed by atoms with Gasteiger partial charge in [-0.15, -0.1) is 0 Å². The fraction of sp³-hybridized carbons (Fsp3) is 0.452. The Bertz CT molecular complexity index is 1600. The maximum absolute atomic E-state index is 13.9. The van der Waals surface area contributed by atoms with Crippen molar-refractivity contribution in [2.75, 3.05) is 27.2 Å². The van der Waals surface area contributed by atoms with Crippen LogP contribution in [0.25, 0.3) is 17.1 Å². The molecule has 2 aromatic rings. The molecule has 6 rings (SSSR count). The molecule has 4 atom stereocenters. The molecular weight excluding hydrogens is 564 g/mol. The number of piperidine rings is 1. The average Bonchev–Trinajstić information content (AvgIpc) is 3.37. The first-order valence-electron chi connectivity index (χ1n) is 14.2. The molecule has 3 unspecified atom stereocenters. The maximum atomic E-state index is 13.9. The van der Waals surface area contributed by atoms with Crippen LogP contribution in [-0.2, 0) is 27.3 Å². The van der Waals surface area contributed by atoms with Gasteiger partial charge in [-0.25, -0.2) is 8.78 Å². The van der Waals surface area contributed by atoms with Crippen LogP contribution in [0.4, 0.5) is 8.78 Å². The lowest BCUT2D eigenvalue weighted by Crippen LogP contribution is -2.55. The number of benzene rings is 1. The Morgan fingerprint density at radius 2 is 1.81 bits per heavy atom. The molecule has 43 heavy (non-hydrogen) atoms. The predicted molar refractivity (Wildman–Crippen MR) is 150 cm³/mol. The Hall–Kier alpha value is -4.03. The first-order chi connectivity index (χ1) is 20.3. The number of phenols is 1. The number of carbonyl (C=O) groups excluding carboxylic acids is 3. The number of Topliss-reactive ketones (excluding diaryl/α,β-unsaturated/α-hetero) is 2. The number of rotatable bonds is 5. The number of nitrogens with zero attached hydrogens (tertiary/aromatic N) is 2. The fourth-order valence-corrected chi connectivity index (χ4v) is 7.45. The van der Waals surface area contributed by atoms with Crippen LogP contribution >= 0.6 is 0 Å². The van der Waals surface area contributed by atoms with Gasteiger partial charge in [0.25, 0.3) is 11.8 Å². The summed E-state index contributed by atoms with van der Waals surface area (Å²) >= 11 is 0. The van der Waals surface area contributed by atoms with E-state index in [2.05, 4.69) is 0 Å². The molecule has 1 aromatic carbocycles. The quantitative estimate of drug-likeness (QED) is 0.300. The number of nitrogens with two attached hydrogens (primary N) is 1. The number of allylic oxidation sites excluding steroid dienone is 1. The molecule has 0 bridgehead atoms. The number of furan rings is 1. The van der Waals surface area contributed by atoms with Crippen molar-refractivity contribution in [1.29, 1.82) is 0 Å². The summed E-state index contributed by atoms with van der Waals surface area (Å²) in [5.41, 5.74) is 6.73. The Labute approximate surface area is 246 Å². The molecule has 228 valence electrons. The van der Waals surface area contributed by atoms with Crippen molar-refractivity contribution in [3.05, 3.63) is 58.1 Å². The zero-order chi connectivity index (χ0) is 31.0. The van der Waals surface area contributed by atoms with E-state index in [-0.39, 0.29) is 55.7 Å². The number of hydrogen-bond donors (Lipinski definition) is 4. The van der Waals surface area contributed by atoms with Gasteiger partial charge in [0.2, 0.25) is 0 Å². The van der Waals surface area contributed by atoms with Gasteiger partial charge in [-0.2, -0.15) is 0 Å². The minimum atomic E-state index is -2.67. The molecule has 2 heterocycles. The highest BCUT2D eigenvalue weighted by Crippen LogP contribution is 2.52. The molecule has 1 aromatic heterocycles. The molecule has 0 spiro atoms. The van der Waals surface area contributed by atoms with E-state index in [1.165, 1.54) is 12.3 Å². The minimum Gasteiger partial charge on any atom is -0.510 e. The van der Waals surface area contributed by atoms with Gasteiger partial charge in [0.05, 0.1) is 23.8 Å². The van der Waals surface area contributed by atoms with E-state index in [1.807, 2.05) is 4.90 Å². The zero-order valence-electron chi connectivity index (χ0n) is 23.8. The average molecular weight is 598 g/mol. The van der Waals surface area contributed by atoms with Crippen LogP contribution in [0.1, 0.15) is 36.0 Å². The Morgan fingerprint density at radius 1 is 1.12 bits per heavy atom. The Balaban J connectivity index is 1.40. The highest BCUT2D eigenvalue weighted by molar-refractivity contribution is 6.28. The number of ketones is 2. The molecule has 1 aliphatic heterocycles. The molecule has 5 N–H and O–H groups in total. The van der Waals surface area contributed by atoms with Crippen LogP contribution in [0.2, 0.25) is 0 Å². The number of halogens is 2. The van der Waals surface area contributed by atoms with Gasteiger partial charge in [-0.3, -0.25) is 24.2 Å². The van der Waals surface area contributed by atoms with Crippen molar-refractivity contribution in [3.8, 4) is 17.1 Å². The number of alkyl halides is 2. The molecule has 1 saturated carbocycles. The number of phenolic OH excluding ortho intramolecular Hbond substituents is 1. The first kappa shape index (κ1) is 29.1. The topological polar surface area (TPSA) is 158 Å². The molecule has 0 radical (unpaired) electrons. The van der Waals surface area contributed by atoms with Crippen molar-refractivity contribution in [2.45, 2.75) is 44.2 Å². The van der Waals surface area contributed by atoms with Gasteiger partial charge >= 0.3 is 0 Å². The van der Waals surface area contributed by atoms with Gasteiger partial charge < -0.3 is 25.5 Å². The third-order valence-corrected chi connectivity index (χ3v) is 9.42. The smallest absolute Gasteiger partial charge is 0.255 e. The first-order valence-corrected chi connectivity index (χ1v) is 14.2. The molecule has 4 aliphatic rings. The summed E-state index contributed by atoms with van der Waals surface area (Å²) in [7, 11) is 3.32. The molecule has 3 aliphatic carbocycles. The van der Waals surface area contributed by atoms with Gasteiger partial charge in [-0.05, 0) is 62.5 Å². The van der Waals surface area contributed by atoms with E-state index in [0.717, 1.165) is 5.56 Å². The van der Waals surface area contributed by atoms with Crippen LogP contribution in [0.5, 0.6) is 5.75 Å². The summed E-state index contributed by atoms with van der Waals surface area (Å²) in [5, 5.41) is 33.3. The summed E-state index contributed by atoms with van der Waals surface area (Å²) in [4.78, 5) is 43.0. The maximum Gasteiger partial charge on any atom is 0.255 e. The summed E-state index contributed by atoms with van der Waals surface area (Å²) in [6.07, 6.45) is 1.49. The van der Waals surface area contributed by atoms with Crippen molar-refractivity contribution >= 4 is 23.2 Å². The zero-order valence-corrected chi connectivity index (χ0v) is 23.8. The van der Waals surface area contributed by atoms with Gasteiger partial charge in [0, 0.05) is 49.2 Å². The Morgan fingerprint density at radius 3 is 2.47 bits per heavy atom. The third-order valence-electron chi connectivity index (χ3n) is 9.42. The SMILES string of the molecule is CN(C)[C@@H]1C(O)=C(C(N)=O)C(=O)C2C(=O)C3=C(O)c4c(O)ccc(-c5occc5CN5CCC(F)(F)CC5)c4CC3CC21. The second kappa shape index (κ2) is 10.3.